The van der Waals surface area contributed by atoms with Gasteiger partial charge in [-0.2, -0.15) is 4.98 Å². The summed E-state index contributed by atoms with van der Waals surface area (Å²) < 4.78 is 10.6. The Hall–Kier alpha value is -0.940. The van der Waals surface area contributed by atoms with Gasteiger partial charge in [0.2, 0.25) is 5.89 Å². The molecule has 1 aromatic heterocycles. The van der Waals surface area contributed by atoms with E-state index in [4.69, 9.17) is 9.26 Å². The van der Waals surface area contributed by atoms with E-state index in [2.05, 4.69) is 29.3 Å². The molecule has 1 heterocycles. The normalized spacial score (nSPS) is 14.8. The van der Waals surface area contributed by atoms with E-state index in [0.717, 1.165) is 19.4 Å². The van der Waals surface area contributed by atoms with E-state index in [0.29, 0.717) is 24.4 Å². The second-order valence-corrected chi connectivity index (χ2v) is 4.20. The first-order valence-electron chi connectivity index (χ1n) is 6.34. The summed E-state index contributed by atoms with van der Waals surface area (Å²) >= 11 is 0. The lowest BCUT2D eigenvalue weighted by atomic mass is 10.2. The molecule has 2 atom stereocenters. The maximum atomic E-state index is 5.41. The molecule has 98 valence electrons. The van der Waals surface area contributed by atoms with Crippen molar-refractivity contribution >= 4 is 0 Å². The molecule has 0 aliphatic rings. The number of hydrogen-bond donors (Lipinski definition) is 1. The number of rotatable bonds is 8. The summed E-state index contributed by atoms with van der Waals surface area (Å²) in [5.41, 5.74) is 0. The number of hydrogen-bond acceptors (Lipinski definition) is 5. The smallest absolute Gasteiger partial charge is 0.228 e. The largest absolute Gasteiger partial charge is 0.371 e. The fraction of sp³-hybridized carbons (Fsp3) is 0.833. The van der Waals surface area contributed by atoms with Crippen molar-refractivity contribution in [1.29, 1.82) is 0 Å². The van der Waals surface area contributed by atoms with Crippen LogP contribution in [-0.2, 0) is 11.2 Å². The first-order chi connectivity index (χ1) is 8.17. The molecule has 0 radical (unpaired) electrons. The van der Waals surface area contributed by atoms with Gasteiger partial charge in [0.25, 0.3) is 0 Å². The molecule has 5 heteroatoms. The zero-order chi connectivity index (χ0) is 12.7. The summed E-state index contributed by atoms with van der Waals surface area (Å²) in [6.45, 7) is 9.81. The summed E-state index contributed by atoms with van der Waals surface area (Å²) in [7, 11) is 0. The Bertz CT molecular complexity index is 314. The molecular formula is C12H23N3O2. The highest BCUT2D eigenvalue weighted by Crippen LogP contribution is 2.13. The van der Waals surface area contributed by atoms with Crippen molar-refractivity contribution in [3.8, 4) is 0 Å². The summed E-state index contributed by atoms with van der Waals surface area (Å²) in [4.78, 5) is 4.33. The van der Waals surface area contributed by atoms with E-state index < -0.39 is 0 Å². The van der Waals surface area contributed by atoms with Crippen molar-refractivity contribution in [2.24, 2.45) is 0 Å². The molecule has 17 heavy (non-hydrogen) atoms. The molecule has 1 rings (SSSR count). The Morgan fingerprint density at radius 1 is 1.35 bits per heavy atom. The van der Waals surface area contributed by atoms with Gasteiger partial charge >= 0.3 is 0 Å². The van der Waals surface area contributed by atoms with Gasteiger partial charge in [0.05, 0.1) is 0 Å². The topological polar surface area (TPSA) is 60.2 Å². The van der Waals surface area contributed by atoms with Crippen molar-refractivity contribution in [3.05, 3.63) is 11.7 Å². The molecule has 0 amide bonds. The summed E-state index contributed by atoms with van der Waals surface area (Å²) in [5, 5.41) is 7.31. The van der Waals surface area contributed by atoms with Crippen LogP contribution in [0.2, 0.25) is 0 Å². The maximum Gasteiger partial charge on any atom is 0.228 e. The van der Waals surface area contributed by atoms with Crippen LogP contribution in [-0.4, -0.2) is 29.3 Å². The van der Waals surface area contributed by atoms with Crippen LogP contribution in [0.3, 0.4) is 0 Å². The van der Waals surface area contributed by atoms with E-state index in [9.17, 15) is 0 Å². The van der Waals surface area contributed by atoms with Crippen LogP contribution in [0.15, 0.2) is 4.52 Å². The molecule has 0 saturated carbocycles. The number of aromatic nitrogens is 2. The van der Waals surface area contributed by atoms with Gasteiger partial charge in [0.1, 0.15) is 6.10 Å². The average Bonchev–Trinajstić information content (AvgIpc) is 2.75. The van der Waals surface area contributed by atoms with Gasteiger partial charge in [0, 0.05) is 19.1 Å². The average molecular weight is 241 g/mol. The lowest BCUT2D eigenvalue weighted by Crippen LogP contribution is -2.28. The highest BCUT2D eigenvalue weighted by atomic mass is 16.5. The molecule has 0 spiro atoms. The second-order valence-electron chi connectivity index (χ2n) is 4.20. The van der Waals surface area contributed by atoms with Gasteiger partial charge in [0.15, 0.2) is 5.82 Å². The fourth-order valence-electron chi connectivity index (χ4n) is 1.57. The zero-order valence-electron chi connectivity index (χ0n) is 11.2. The molecule has 5 nitrogen and oxygen atoms in total. The molecule has 1 aromatic rings. The Morgan fingerprint density at radius 2 is 2.12 bits per heavy atom. The standard InChI is InChI=1S/C12H23N3O2/c1-5-7-13-9(3)8-11-14-12(15-17-11)10(4)16-6-2/h9-10,13H,5-8H2,1-4H3. The molecule has 2 unspecified atom stereocenters. The van der Waals surface area contributed by atoms with E-state index in [1.807, 2.05) is 13.8 Å². The van der Waals surface area contributed by atoms with Crippen LogP contribution < -0.4 is 5.32 Å². The SMILES string of the molecule is CCCNC(C)Cc1nc(C(C)OCC)no1. The van der Waals surface area contributed by atoms with Gasteiger partial charge in [-0.15, -0.1) is 0 Å². The highest BCUT2D eigenvalue weighted by molar-refractivity contribution is 4.91. The van der Waals surface area contributed by atoms with Crippen molar-refractivity contribution in [2.45, 2.75) is 52.7 Å². The van der Waals surface area contributed by atoms with Gasteiger partial charge in [-0.05, 0) is 33.7 Å². The van der Waals surface area contributed by atoms with Crippen molar-refractivity contribution in [3.63, 3.8) is 0 Å². The molecule has 0 bridgehead atoms. The minimum atomic E-state index is -0.101. The van der Waals surface area contributed by atoms with Gasteiger partial charge < -0.3 is 14.6 Å². The number of ether oxygens (including phenoxy) is 1. The van der Waals surface area contributed by atoms with Gasteiger partial charge in [-0.1, -0.05) is 12.1 Å². The third-order valence-electron chi connectivity index (χ3n) is 2.49. The van der Waals surface area contributed by atoms with Crippen molar-refractivity contribution < 1.29 is 9.26 Å². The zero-order valence-corrected chi connectivity index (χ0v) is 11.2. The van der Waals surface area contributed by atoms with E-state index in [1.165, 1.54) is 0 Å². The van der Waals surface area contributed by atoms with Crippen LogP contribution in [0.25, 0.3) is 0 Å². The monoisotopic (exact) mass is 241 g/mol. The Morgan fingerprint density at radius 3 is 2.76 bits per heavy atom. The van der Waals surface area contributed by atoms with Gasteiger partial charge in [-0.3, -0.25) is 0 Å². The summed E-state index contributed by atoms with van der Waals surface area (Å²) in [6.07, 6.45) is 1.78. The lowest BCUT2D eigenvalue weighted by Gasteiger charge is -2.09. The van der Waals surface area contributed by atoms with Crippen LogP contribution in [0.1, 0.15) is 51.9 Å². The Kier molecular flexibility index (Phi) is 6.15. The van der Waals surface area contributed by atoms with Crippen LogP contribution in [0.5, 0.6) is 0 Å². The second kappa shape index (κ2) is 7.40. The molecule has 0 aromatic carbocycles. The van der Waals surface area contributed by atoms with Gasteiger partial charge in [-0.25, -0.2) is 0 Å². The molecule has 0 aliphatic heterocycles. The number of nitrogens with one attached hydrogen (secondary N) is 1. The molecular weight excluding hydrogens is 218 g/mol. The summed E-state index contributed by atoms with van der Waals surface area (Å²) in [5.74, 6) is 1.30. The maximum absolute atomic E-state index is 5.41. The third-order valence-corrected chi connectivity index (χ3v) is 2.49. The fourth-order valence-corrected chi connectivity index (χ4v) is 1.57. The lowest BCUT2D eigenvalue weighted by molar-refractivity contribution is 0.0683. The first-order valence-corrected chi connectivity index (χ1v) is 6.34. The van der Waals surface area contributed by atoms with Crippen molar-refractivity contribution in [1.82, 2.24) is 15.5 Å². The minimum Gasteiger partial charge on any atom is -0.371 e. The Labute approximate surface area is 103 Å². The molecule has 1 N–H and O–H groups in total. The number of nitrogens with zero attached hydrogens (tertiary/aromatic N) is 2. The third kappa shape index (κ3) is 4.83. The highest BCUT2D eigenvalue weighted by Gasteiger charge is 2.15. The van der Waals surface area contributed by atoms with E-state index >= 15 is 0 Å². The predicted octanol–water partition coefficient (Wildman–Crippen LogP) is 2.10. The quantitative estimate of drug-likeness (QED) is 0.755. The summed E-state index contributed by atoms with van der Waals surface area (Å²) in [6, 6.07) is 0.352. The minimum absolute atomic E-state index is 0.101. The van der Waals surface area contributed by atoms with E-state index in [1.54, 1.807) is 0 Å². The predicted molar refractivity (Wildman–Crippen MR) is 65.8 cm³/mol. The van der Waals surface area contributed by atoms with E-state index in [-0.39, 0.29) is 6.10 Å². The molecule has 0 fully saturated rings. The van der Waals surface area contributed by atoms with Crippen molar-refractivity contribution in [2.75, 3.05) is 13.2 Å². The molecule has 0 saturated heterocycles. The first kappa shape index (κ1) is 14.1. The van der Waals surface area contributed by atoms with Crippen LogP contribution in [0.4, 0.5) is 0 Å². The molecule has 0 aliphatic carbocycles. The Balaban J connectivity index is 2.44. The van der Waals surface area contributed by atoms with Crippen LogP contribution >= 0.6 is 0 Å². The van der Waals surface area contributed by atoms with Crippen LogP contribution in [0, 0.1) is 0 Å².